The van der Waals surface area contributed by atoms with Crippen molar-refractivity contribution < 1.29 is 4.74 Å². The van der Waals surface area contributed by atoms with Crippen molar-refractivity contribution in [3.63, 3.8) is 0 Å². The quantitative estimate of drug-likeness (QED) is 0.631. The van der Waals surface area contributed by atoms with Crippen LogP contribution in [-0.2, 0) is 0 Å². The molecule has 1 aliphatic carbocycles. The van der Waals surface area contributed by atoms with E-state index in [1.165, 1.54) is 44.3 Å². The number of ether oxygens (including phenoxy) is 1. The minimum atomic E-state index is 0.600. The molecule has 150 valence electrons. The number of likely N-dealkylation sites (tertiary alicyclic amines) is 1. The summed E-state index contributed by atoms with van der Waals surface area (Å²) in [5.41, 5.74) is 3.23. The molecule has 0 spiro atoms. The van der Waals surface area contributed by atoms with Crippen molar-refractivity contribution in [2.75, 3.05) is 43.9 Å². The lowest BCUT2D eigenvalue weighted by Gasteiger charge is -2.16. The monoisotopic (exact) mass is 381 g/mol. The molecule has 0 amide bonds. The third-order valence-corrected chi connectivity index (χ3v) is 5.47. The van der Waals surface area contributed by atoms with E-state index in [1.807, 2.05) is 20.0 Å². The summed E-state index contributed by atoms with van der Waals surface area (Å²) in [6, 6.07) is 8.34. The van der Waals surface area contributed by atoms with Gasteiger partial charge in [-0.25, -0.2) is 4.98 Å². The lowest BCUT2D eigenvalue weighted by molar-refractivity contribution is 0.262. The Balaban J connectivity index is 1.42. The molecule has 1 saturated carbocycles. The highest BCUT2D eigenvalue weighted by Gasteiger charge is 2.27. The average molecular weight is 382 g/mol. The van der Waals surface area contributed by atoms with Gasteiger partial charge in [0.15, 0.2) is 0 Å². The van der Waals surface area contributed by atoms with Crippen LogP contribution in [0.25, 0.3) is 0 Å². The smallest absolute Gasteiger partial charge is 0.229 e. The largest absolute Gasteiger partial charge is 0.493 e. The highest BCUT2D eigenvalue weighted by Crippen LogP contribution is 2.45. The average Bonchev–Trinajstić information content (AvgIpc) is 3.40. The van der Waals surface area contributed by atoms with E-state index in [9.17, 15) is 0 Å². The molecule has 2 aliphatic rings. The summed E-state index contributed by atoms with van der Waals surface area (Å²) in [5, 5.41) is 6.41. The van der Waals surface area contributed by atoms with E-state index in [1.54, 1.807) is 0 Å². The van der Waals surface area contributed by atoms with E-state index >= 15 is 0 Å². The zero-order chi connectivity index (χ0) is 19.3. The Labute approximate surface area is 167 Å². The molecule has 2 fully saturated rings. The number of nitrogens with one attached hydrogen (secondary N) is 2. The Morgan fingerprint density at radius 2 is 1.96 bits per heavy atom. The van der Waals surface area contributed by atoms with Gasteiger partial charge >= 0.3 is 0 Å². The Morgan fingerprint density at radius 1 is 1.14 bits per heavy atom. The second-order valence-electron chi connectivity index (χ2n) is 7.87. The Bertz CT molecular complexity index is 800. The number of rotatable bonds is 9. The first kappa shape index (κ1) is 19.0. The molecule has 0 atom stereocenters. The fraction of sp³-hybridized carbons (Fsp3) is 0.545. The normalized spacial score (nSPS) is 16.9. The van der Waals surface area contributed by atoms with E-state index in [0.29, 0.717) is 11.9 Å². The highest BCUT2D eigenvalue weighted by molar-refractivity contribution is 5.60. The molecule has 0 radical (unpaired) electrons. The maximum atomic E-state index is 6.23. The van der Waals surface area contributed by atoms with Crippen molar-refractivity contribution in [3.05, 3.63) is 35.5 Å². The maximum absolute atomic E-state index is 6.23. The first-order valence-corrected chi connectivity index (χ1v) is 10.5. The zero-order valence-corrected chi connectivity index (χ0v) is 17.0. The van der Waals surface area contributed by atoms with Gasteiger partial charge in [-0.15, -0.1) is 0 Å². The number of nitrogens with zero attached hydrogens (tertiary/aromatic N) is 3. The van der Waals surface area contributed by atoms with Crippen LogP contribution in [0.4, 0.5) is 17.5 Å². The SMILES string of the molecule is CNc1cc(C)nc(Nc2ccc(C3CC3)c(OCCCN3CCCC3)c2)n1. The molecule has 28 heavy (non-hydrogen) atoms. The van der Waals surface area contributed by atoms with Gasteiger partial charge in [-0.2, -0.15) is 4.98 Å². The lowest BCUT2D eigenvalue weighted by Crippen LogP contribution is -2.22. The van der Waals surface area contributed by atoms with Gasteiger partial charge in [0.05, 0.1) is 6.61 Å². The molecule has 1 saturated heterocycles. The molecule has 2 aromatic rings. The Morgan fingerprint density at radius 3 is 2.71 bits per heavy atom. The number of hydrogen-bond acceptors (Lipinski definition) is 6. The maximum Gasteiger partial charge on any atom is 0.229 e. The van der Waals surface area contributed by atoms with Crippen molar-refractivity contribution in [2.45, 2.75) is 44.9 Å². The minimum Gasteiger partial charge on any atom is -0.493 e. The van der Waals surface area contributed by atoms with Gasteiger partial charge in [-0.05, 0) is 69.7 Å². The van der Waals surface area contributed by atoms with Crippen LogP contribution in [0, 0.1) is 6.92 Å². The molecular formula is C22H31N5O. The van der Waals surface area contributed by atoms with E-state index < -0.39 is 0 Å². The highest BCUT2D eigenvalue weighted by atomic mass is 16.5. The minimum absolute atomic E-state index is 0.600. The van der Waals surface area contributed by atoms with Crippen LogP contribution in [0.3, 0.4) is 0 Å². The number of aromatic nitrogens is 2. The zero-order valence-electron chi connectivity index (χ0n) is 17.0. The lowest BCUT2D eigenvalue weighted by atomic mass is 10.1. The van der Waals surface area contributed by atoms with Crippen molar-refractivity contribution in [1.29, 1.82) is 0 Å². The van der Waals surface area contributed by atoms with Crippen LogP contribution in [0.5, 0.6) is 5.75 Å². The topological polar surface area (TPSA) is 62.3 Å². The standard InChI is InChI=1S/C22H31N5O/c1-16-14-21(23-2)26-22(24-16)25-18-8-9-19(17-6-7-17)20(15-18)28-13-5-12-27-10-3-4-11-27/h8-9,14-15,17H,3-7,10-13H2,1-2H3,(H2,23,24,25,26). The van der Waals surface area contributed by atoms with Crippen molar-refractivity contribution in [3.8, 4) is 5.75 Å². The summed E-state index contributed by atoms with van der Waals surface area (Å²) in [5.74, 6) is 3.08. The van der Waals surface area contributed by atoms with Crippen LogP contribution in [-0.4, -0.2) is 48.2 Å². The summed E-state index contributed by atoms with van der Waals surface area (Å²) < 4.78 is 6.23. The summed E-state index contributed by atoms with van der Waals surface area (Å²) in [7, 11) is 1.87. The molecule has 4 rings (SSSR count). The van der Waals surface area contributed by atoms with Crippen molar-refractivity contribution in [2.24, 2.45) is 0 Å². The van der Waals surface area contributed by atoms with Crippen LogP contribution >= 0.6 is 0 Å². The molecule has 6 nitrogen and oxygen atoms in total. The van der Waals surface area contributed by atoms with Crippen molar-refractivity contribution in [1.82, 2.24) is 14.9 Å². The van der Waals surface area contributed by atoms with Gasteiger partial charge in [-0.3, -0.25) is 0 Å². The summed E-state index contributed by atoms with van der Waals surface area (Å²) in [6.07, 6.45) is 6.30. The van der Waals surface area contributed by atoms with Gasteiger partial charge in [0.2, 0.25) is 5.95 Å². The third kappa shape index (κ3) is 4.93. The van der Waals surface area contributed by atoms with E-state index in [4.69, 9.17) is 4.74 Å². The third-order valence-electron chi connectivity index (χ3n) is 5.47. The van der Waals surface area contributed by atoms with Crippen LogP contribution in [0.15, 0.2) is 24.3 Å². The Kier molecular flexibility index (Phi) is 5.95. The predicted octanol–water partition coefficient (Wildman–Crippen LogP) is 4.31. The summed E-state index contributed by atoms with van der Waals surface area (Å²) in [4.78, 5) is 11.5. The molecule has 6 heteroatoms. The van der Waals surface area contributed by atoms with Crippen LogP contribution < -0.4 is 15.4 Å². The Hall–Kier alpha value is -2.34. The molecule has 1 aromatic carbocycles. The fourth-order valence-corrected chi connectivity index (χ4v) is 3.83. The molecule has 1 aromatic heterocycles. The molecule has 0 bridgehead atoms. The number of aryl methyl sites for hydroxylation is 1. The summed E-state index contributed by atoms with van der Waals surface area (Å²) >= 11 is 0. The second-order valence-corrected chi connectivity index (χ2v) is 7.87. The first-order valence-electron chi connectivity index (χ1n) is 10.5. The van der Waals surface area contributed by atoms with Crippen molar-refractivity contribution >= 4 is 17.5 Å². The summed E-state index contributed by atoms with van der Waals surface area (Å²) in [6.45, 7) is 6.37. The van der Waals surface area contributed by atoms with Gasteiger partial charge in [-0.1, -0.05) is 6.07 Å². The number of anilines is 3. The molecular weight excluding hydrogens is 350 g/mol. The van der Waals surface area contributed by atoms with Gasteiger partial charge < -0.3 is 20.3 Å². The molecule has 2 N–H and O–H groups in total. The molecule has 1 aliphatic heterocycles. The second kappa shape index (κ2) is 8.78. The molecule has 0 unspecified atom stereocenters. The predicted molar refractivity (Wildman–Crippen MR) is 114 cm³/mol. The van der Waals surface area contributed by atoms with Gasteiger partial charge in [0, 0.05) is 37.1 Å². The first-order chi connectivity index (χ1) is 13.7. The van der Waals surface area contributed by atoms with Crippen LogP contribution in [0.1, 0.15) is 49.3 Å². The van der Waals surface area contributed by atoms with Gasteiger partial charge in [0.25, 0.3) is 0 Å². The van der Waals surface area contributed by atoms with E-state index in [-0.39, 0.29) is 0 Å². The van der Waals surface area contributed by atoms with E-state index in [0.717, 1.165) is 42.5 Å². The van der Waals surface area contributed by atoms with E-state index in [2.05, 4.69) is 43.7 Å². The van der Waals surface area contributed by atoms with Gasteiger partial charge in [0.1, 0.15) is 11.6 Å². The number of hydrogen-bond donors (Lipinski definition) is 2. The fourth-order valence-electron chi connectivity index (χ4n) is 3.83. The van der Waals surface area contributed by atoms with Crippen LogP contribution in [0.2, 0.25) is 0 Å². The molecule has 2 heterocycles. The number of benzene rings is 1.